The van der Waals surface area contributed by atoms with Crippen LogP contribution in [0.15, 0.2) is 66.7 Å². The van der Waals surface area contributed by atoms with Gasteiger partial charge in [-0.05, 0) is 30.3 Å². The van der Waals surface area contributed by atoms with Crippen LogP contribution < -0.4 is 0 Å². The molecular weight excluding hydrogens is 390 g/mol. The lowest BCUT2D eigenvalue weighted by Gasteiger charge is -2.09. The molecule has 0 unspecified atom stereocenters. The maximum absolute atomic E-state index is 13.7. The Morgan fingerprint density at radius 2 is 1.63 bits per heavy atom. The number of hydrogen-bond donors (Lipinski definition) is 2. The molecule has 0 aliphatic carbocycles. The largest absolute Gasteiger partial charge is 0.506 e. The van der Waals surface area contributed by atoms with Crippen molar-refractivity contribution < 1.29 is 23.5 Å². The minimum absolute atomic E-state index is 0.00377. The monoisotopic (exact) mass is 404 g/mol. The Labute approximate surface area is 169 Å². The number of aldehydes is 1. The average molecular weight is 404 g/mol. The highest BCUT2D eigenvalue weighted by molar-refractivity contribution is 6.33. The van der Waals surface area contributed by atoms with Crippen LogP contribution in [-0.2, 0) is 0 Å². The quantitative estimate of drug-likeness (QED) is 0.213. The predicted molar refractivity (Wildman–Crippen MR) is 108 cm³/mol. The number of carbonyl (C=O) groups is 2. The molecule has 0 saturated carbocycles. The molecule has 0 spiro atoms. The molecule has 0 fully saturated rings. The van der Waals surface area contributed by atoms with Gasteiger partial charge in [0.25, 0.3) is 0 Å². The molecule has 0 atom stereocenters. The summed E-state index contributed by atoms with van der Waals surface area (Å²) in [6, 6.07) is 15.3. The third kappa shape index (κ3) is 3.60. The van der Waals surface area contributed by atoms with Crippen molar-refractivity contribution in [2.75, 3.05) is 0 Å². The third-order valence-electron chi connectivity index (χ3n) is 4.51. The first-order valence-electron chi connectivity index (χ1n) is 8.91. The Morgan fingerprint density at radius 1 is 0.933 bits per heavy atom. The number of halogens is 2. The van der Waals surface area contributed by atoms with Crippen LogP contribution >= 0.6 is 0 Å². The zero-order valence-electron chi connectivity index (χ0n) is 15.4. The number of rotatable bonds is 5. The third-order valence-corrected chi connectivity index (χ3v) is 4.51. The van der Waals surface area contributed by atoms with Crippen LogP contribution in [0.3, 0.4) is 0 Å². The Hall–Kier alpha value is -4.13. The fraction of sp³-hybridized carbons (Fsp3) is 0. The van der Waals surface area contributed by atoms with E-state index in [9.17, 15) is 23.5 Å². The SMILES string of the molecule is O=Cc1ccc2nc(C(C(=O)c3ccccc3)=C(O)c3cc(F)cc(F)c3)[nH]c2c1. The number of fused-ring (bicyclic) bond motifs is 1. The Bertz CT molecular complexity index is 1290. The van der Waals surface area contributed by atoms with Crippen molar-refractivity contribution in [2.24, 2.45) is 0 Å². The van der Waals surface area contributed by atoms with E-state index in [2.05, 4.69) is 9.97 Å². The van der Waals surface area contributed by atoms with Crippen LogP contribution in [0.2, 0.25) is 0 Å². The lowest BCUT2D eigenvalue weighted by molar-refractivity contribution is 0.105. The fourth-order valence-corrected chi connectivity index (χ4v) is 3.11. The molecule has 0 bridgehead atoms. The molecule has 0 amide bonds. The highest BCUT2D eigenvalue weighted by atomic mass is 19.1. The number of aromatic nitrogens is 2. The molecule has 1 heterocycles. The second kappa shape index (κ2) is 7.71. The molecule has 148 valence electrons. The van der Waals surface area contributed by atoms with Crippen molar-refractivity contribution in [1.82, 2.24) is 9.97 Å². The van der Waals surface area contributed by atoms with Gasteiger partial charge in [-0.15, -0.1) is 0 Å². The second-order valence-electron chi connectivity index (χ2n) is 6.56. The van der Waals surface area contributed by atoms with E-state index in [0.29, 0.717) is 28.9 Å². The number of aliphatic hydroxyl groups is 1. The number of carbonyl (C=O) groups excluding carboxylic acids is 2. The summed E-state index contributed by atoms with van der Waals surface area (Å²) in [4.78, 5) is 31.5. The summed E-state index contributed by atoms with van der Waals surface area (Å²) in [5.74, 6) is -3.01. The van der Waals surface area contributed by atoms with Crippen molar-refractivity contribution in [3.05, 3.63) is 101 Å². The molecule has 0 radical (unpaired) electrons. The first-order valence-corrected chi connectivity index (χ1v) is 8.91. The molecule has 4 rings (SSSR count). The molecule has 1 aromatic heterocycles. The van der Waals surface area contributed by atoms with E-state index >= 15 is 0 Å². The smallest absolute Gasteiger partial charge is 0.200 e. The lowest BCUT2D eigenvalue weighted by Crippen LogP contribution is -2.07. The maximum atomic E-state index is 13.7. The summed E-state index contributed by atoms with van der Waals surface area (Å²) in [6.07, 6.45) is 0.665. The summed E-state index contributed by atoms with van der Waals surface area (Å²) < 4.78 is 27.4. The molecule has 0 aliphatic rings. The van der Waals surface area contributed by atoms with Gasteiger partial charge in [-0.25, -0.2) is 13.8 Å². The molecular formula is C23H14F2N2O3. The highest BCUT2D eigenvalue weighted by Crippen LogP contribution is 2.29. The molecule has 4 aromatic rings. The minimum Gasteiger partial charge on any atom is -0.506 e. The van der Waals surface area contributed by atoms with Crippen LogP contribution in [-0.4, -0.2) is 27.1 Å². The summed E-state index contributed by atoms with van der Waals surface area (Å²) in [6.45, 7) is 0. The molecule has 0 aliphatic heterocycles. The standard InChI is InChI=1S/C23H14F2N2O3/c24-16-9-15(10-17(25)11-16)22(30)20(21(29)14-4-2-1-3-5-14)23-26-18-7-6-13(12-28)8-19(18)27-23/h1-12,30H,(H,26,27). The van der Waals surface area contributed by atoms with E-state index in [1.54, 1.807) is 48.5 Å². The minimum atomic E-state index is -0.900. The number of hydrogen-bond acceptors (Lipinski definition) is 4. The van der Waals surface area contributed by atoms with E-state index in [4.69, 9.17) is 0 Å². The number of nitrogens with one attached hydrogen (secondary N) is 1. The number of nitrogens with zero attached hydrogens (tertiary/aromatic N) is 1. The first-order chi connectivity index (χ1) is 14.5. The van der Waals surface area contributed by atoms with Gasteiger partial charge < -0.3 is 10.1 Å². The van der Waals surface area contributed by atoms with Gasteiger partial charge in [0.2, 0.25) is 5.78 Å². The highest BCUT2D eigenvalue weighted by Gasteiger charge is 2.24. The lowest BCUT2D eigenvalue weighted by atomic mass is 9.98. The Balaban J connectivity index is 1.96. The van der Waals surface area contributed by atoms with Crippen LogP contribution in [0, 0.1) is 11.6 Å². The number of benzene rings is 3. The summed E-state index contributed by atoms with van der Waals surface area (Å²) in [5.41, 5.74) is 1.10. The van der Waals surface area contributed by atoms with Crippen molar-refractivity contribution in [2.45, 2.75) is 0 Å². The number of imidazole rings is 1. The van der Waals surface area contributed by atoms with Gasteiger partial charge in [0.05, 0.1) is 11.0 Å². The number of aliphatic hydroxyl groups excluding tert-OH is 1. The summed E-state index contributed by atoms with van der Waals surface area (Å²) >= 11 is 0. The molecule has 0 saturated heterocycles. The van der Waals surface area contributed by atoms with E-state index in [-0.39, 0.29) is 22.5 Å². The summed E-state index contributed by atoms with van der Waals surface area (Å²) in [5, 5.41) is 10.8. The van der Waals surface area contributed by atoms with E-state index in [0.717, 1.165) is 12.1 Å². The second-order valence-corrected chi connectivity index (χ2v) is 6.56. The molecule has 3 aromatic carbocycles. The number of allylic oxidation sites excluding steroid dienone is 1. The summed E-state index contributed by atoms with van der Waals surface area (Å²) in [7, 11) is 0. The number of H-pyrrole nitrogens is 1. The van der Waals surface area contributed by atoms with Crippen LogP contribution in [0.1, 0.15) is 32.1 Å². The van der Waals surface area contributed by atoms with Gasteiger partial charge in [-0.2, -0.15) is 0 Å². The van der Waals surface area contributed by atoms with Gasteiger partial charge in [0.15, 0.2) is 0 Å². The van der Waals surface area contributed by atoms with Crippen molar-refractivity contribution in [3.8, 4) is 0 Å². The first kappa shape index (κ1) is 19.2. The predicted octanol–water partition coefficient (Wildman–Crippen LogP) is 4.96. The van der Waals surface area contributed by atoms with E-state index in [1.165, 1.54) is 0 Å². The Morgan fingerprint density at radius 3 is 2.30 bits per heavy atom. The Kier molecular flexibility index (Phi) is 4.93. The molecule has 30 heavy (non-hydrogen) atoms. The van der Waals surface area contributed by atoms with Crippen molar-refractivity contribution in [1.29, 1.82) is 0 Å². The van der Waals surface area contributed by atoms with Gasteiger partial charge in [-0.3, -0.25) is 9.59 Å². The van der Waals surface area contributed by atoms with Crippen molar-refractivity contribution in [3.63, 3.8) is 0 Å². The van der Waals surface area contributed by atoms with E-state index in [1.807, 2.05) is 0 Å². The van der Waals surface area contributed by atoms with Gasteiger partial charge >= 0.3 is 0 Å². The topological polar surface area (TPSA) is 83.1 Å². The van der Waals surface area contributed by atoms with Crippen LogP contribution in [0.4, 0.5) is 8.78 Å². The zero-order valence-corrected chi connectivity index (χ0v) is 15.4. The van der Waals surface area contributed by atoms with Crippen molar-refractivity contribution >= 4 is 34.4 Å². The molecule has 2 N–H and O–H groups in total. The average Bonchev–Trinajstić information content (AvgIpc) is 3.16. The normalized spacial score (nSPS) is 11.9. The van der Waals surface area contributed by atoms with Gasteiger partial charge in [0.1, 0.15) is 35.1 Å². The fourth-order valence-electron chi connectivity index (χ4n) is 3.11. The number of ketones is 1. The van der Waals surface area contributed by atoms with Gasteiger partial charge in [0, 0.05) is 22.8 Å². The van der Waals surface area contributed by atoms with Gasteiger partial charge in [-0.1, -0.05) is 30.3 Å². The van der Waals surface area contributed by atoms with E-state index < -0.39 is 23.2 Å². The maximum Gasteiger partial charge on any atom is 0.200 e. The zero-order chi connectivity index (χ0) is 21.3. The molecule has 5 nitrogen and oxygen atoms in total. The number of Topliss-reactive ketones (excluding diaryl/α,β-unsaturated/α-hetero) is 1. The van der Waals surface area contributed by atoms with Crippen LogP contribution in [0.25, 0.3) is 22.4 Å². The number of aromatic amines is 1. The molecule has 7 heteroatoms. The van der Waals surface area contributed by atoms with Crippen LogP contribution in [0.5, 0.6) is 0 Å².